The molecule has 11 heteroatoms. The Labute approximate surface area is 211 Å². The standard InChI is InChI=1S/C25H34N4O7/c1-8-29(23(33)18(9-10-19(26)30)28-24(34)36-25(4,5)6)21(22(32)27-14-20(31)35-7)17-12-15(2)11-16(3)13-17/h1,11-13,18,21H,9-10,14H2,2-7H3,(H2,26,30)(H,27,32)(H,28,34). The van der Waals surface area contributed by atoms with Crippen molar-refractivity contribution in [3.8, 4) is 12.5 Å². The summed E-state index contributed by atoms with van der Waals surface area (Å²) in [5.74, 6) is -3.00. The Hall–Kier alpha value is -4.07. The van der Waals surface area contributed by atoms with Crippen molar-refractivity contribution in [3.05, 3.63) is 34.9 Å². The largest absolute Gasteiger partial charge is 0.468 e. The second-order valence-electron chi connectivity index (χ2n) is 9.16. The van der Waals surface area contributed by atoms with Gasteiger partial charge in [0.25, 0.3) is 5.91 Å². The number of methoxy groups -OCH3 is 1. The molecule has 0 aliphatic rings. The van der Waals surface area contributed by atoms with Crippen molar-refractivity contribution in [1.82, 2.24) is 15.5 Å². The van der Waals surface area contributed by atoms with Crippen molar-refractivity contribution < 1.29 is 33.4 Å². The predicted octanol–water partition coefficient (Wildman–Crippen LogP) is 1.21. The van der Waals surface area contributed by atoms with E-state index in [2.05, 4.69) is 21.4 Å². The molecular formula is C25H34N4O7. The minimum absolute atomic E-state index is 0.186. The second kappa shape index (κ2) is 13.1. The fourth-order valence-corrected chi connectivity index (χ4v) is 3.34. The van der Waals surface area contributed by atoms with Crippen LogP contribution < -0.4 is 16.4 Å². The van der Waals surface area contributed by atoms with Crippen LogP contribution in [0.4, 0.5) is 4.79 Å². The number of amides is 4. The number of carbonyl (C=O) groups excluding carboxylic acids is 5. The van der Waals surface area contributed by atoms with Crippen LogP contribution >= 0.6 is 0 Å². The summed E-state index contributed by atoms with van der Waals surface area (Å²) >= 11 is 0. The molecule has 0 aliphatic carbocycles. The Balaban J connectivity index is 3.44. The molecule has 0 saturated carbocycles. The van der Waals surface area contributed by atoms with E-state index in [-0.39, 0.29) is 12.8 Å². The van der Waals surface area contributed by atoms with E-state index in [9.17, 15) is 24.0 Å². The quantitative estimate of drug-likeness (QED) is 0.246. The molecule has 1 aromatic carbocycles. The topological polar surface area (TPSA) is 157 Å². The SMILES string of the molecule is C#CN(C(=O)C(CCC(N)=O)NC(=O)OC(C)(C)C)C(C(=O)NCC(=O)OC)c1cc(C)cc(C)c1. The van der Waals surface area contributed by atoms with E-state index in [1.54, 1.807) is 32.9 Å². The predicted molar refractivity (Wildman–Crippen MR) is 131 cm³/mol. The number of carbonyl (C=O) groups is 5. The fraction of sp³-hybridized carbons (Fsp3) is 0.480. The van der Waals surface area contributed by atoms with Gasteiger partial charge in [0.1, 0.15) is 24.2 Å². The van der Waals surface area contributed by atoms with Gasteiger partial charge in [0.15, 0.2) is 0 Å². The molecule has 0 spiro atoms. The van der Waals surface area contributed by atoms with Crippen LogP contribution in [-0.4, -0.2) is 60.0 Å². The molecule has 2 atom stereocenters. The van der Waals surface area contributed by atoms with Crippen LogP contribution in [0.15, 0.2) is 18.2 Å². The molecule has 0 aromatic heterocycles. The number of hydrogen-bond donors (Lipinski definition) is 3. The van der Waals surface area contributed by atoms with E-state index in [1.807, 2.05) is 19.9 Å². The number of nitrogens with two attached hydrogens (primary N) is 1. The molecular weight excluding hydrogens is 468 g/mol. The van der Waals surface area contributed by atoms with Crippen LogP contribution in [0.25, 0.3) is 0 Å². The maximum Gasteiger partial charge on any atom is 0.408 e. The van der Waals surface area contributed by atoms with E-state index >= 15 is 0 Å². The highest BCUT2D eigenvalue weighted by Crippen LogP contribution is 2.25. The average Bonchev–Trinajstić information content (AvgIpc) is 2.75. The van der Waals surface area contributed by atoms with Gasteiger partial charge < -0.3 is 25.8 Å². The monoisotopic (exact) mass is 502 g/mol. The van der Waals surface area contributed by atoms with Crippen molar-refractivity contribution >= 4 is 29.8 Å². The summed E-state index contributed by atoms with van der Waals surface area (Å²) in [6, 6.07) is 4.74. The van der Waals surface area contributed by atoms with Crippen molar-refractivity contribution in [2.75, 3.05) is 13.7 Å². The zero-order chi connectivity index (χ0) is 27.6. The van der Waals surface area contributed by atoms with Gasteiger partial charge >= 0.3 is 12.1 Å². The minimum atomic E-state index is -1.36. The summed E-state index contributed by atoms with van der Waals surface area (Å²) in [4.78, 5) is 63.0. The lowest BCUT2D eigenvalue weighted by Gasteiger charge is -2.30. The van der Waals surface area contributed by atoms with Crippen LogP contribution in [0.1, 0.15) is 56.3 Å². The number of primary amides is 1. The number of rotatable bonds is 10. The number of terminal acetylenes is 1. The molecule has 0 bridgehead atoms. The van der Waals surface area contributed by atoms with E-state index < -0.39 is 54.0 Å². The van der Waals surface area contributed by atoms with E-state index in [1.165, 1.54) is 7.11 Å². The molecule has 4 N–H and O–H groups in total. The summed E-state index contributed by atoms with van der Waals surface area (Å²) in [6.07, 6.45) is 4.34. The Morgan fingerprint density at radius 2 is 1.69 bits per heavy atom. The summed E-state index contributed by atoms with van der Waals surface area (Å²) in [6.45, 7) is 8.08. The average molecular weight is 503 g/mol. The number of alkyl carbamates (subject to hydrolysis) is 1. The van der Waals surface area contributed by atoms with Crippen LogP contribution in [0.2, 0.25) is 0 Å². The summed E-state index contributed by atoms with van der Waals surface area (Å²) < 4.78 is 9.78. The lowest BCUT2D eigenvalue weighted by molar-refractivity contribution is -0.142. The third kappa shape index (κ3) is 9.66. The van der Waals surface area contributed by atoms with E-state index in [0.29, 0.717) is 5.56 Å². The summed E-state index contributed by atoms with van der Waals surface area (Å²) in [5.41, 5.74) is 6.37. The molecule has 0 heterocycles. The molecule has 196 valence electrons. The zero-order valence-electron chi connectivity index (χ0n) is 21.5. The maximum absolute atomic E-state index is 13.6. The van der Waals surface area contributed by atoms with Gasteiger partial charge in [0, 0.05) is 12.5 Å². The first-order valence-electron chi connectivity index (χ1n) is 11.2. The Bertz CT molecular complexity index is 1020. The number of ether oxygens (including phenoxy) is 2. The van der Waals surface area contributed by atoms with Crippen LogP contribution in [0.3, 0.4) is 0 Å². The highest BCUT2D eigenvalue weighted by atomic mass is 16.6. The van der Waals surface area contributed by atoms with Gasteiger partial charge in [0.05, 0.1) is 7.11 Å². The molecule has 2 unspecified atom stereocenters. The lowest BCUT2D eigenvalue weighted by Crippen LogP contribution is -2.52. The summed E-state index contributed by atoms with van der Waals surface area (Å²) in [5, 5.41) is 4.82. The molecule has 0 saturated heterocycles. The van der Waals surface area contributed by atoms with Crippen LogP contribution in [-0.2, 0) is 28.7 Å². The highest BCUT2D eigenvalue weighted by molar-refractivity contribution is 5.94. The van der Waals surface area contributed by atoms with Crippen molar-refractivity contribution in [2.45, 2.75) is 65.1 Å². The number of benzene rings is 1. The van der Waals surface area contributed by atoms with Crippen molar-refractivity contribution in [1.29, 1.82) is 0 Å². The molecule has 0 fully saturated rings. The molecule has 1 aromatic rings. The third-order valence-corrected chi connectivity index (χ3v) is 4.75. The Kier molecular flexibility index (Phi) is 10.9. The molecule has 0 aliphatic heterocycles. The lowest BCUT2D eigenvalue weighted by atomic mass is 9.98. The van der Waals surface area contributed by atoms with Gasteiger partial charge in [-0.15, -0.1) is 0 Å². The van der Waals surface area contributed by atoms with Gasteiger partial charge in [0.2, 0.25) is 11.8 Å². The van der Waals surface area contributed by atoms with Crippen LogP contribution in [0.5, 0.6) is 0 Å². The van der Waals surface area contributed by atoms with Gasteiger partial charge in [-0.25, -0.2) is 4.79 Å². The first-order valence-corrected chi connectivity index (χ1v) is 11.2. The second-order valence-corrected chi connectivity index (χ2v) is 9.16. The fourth-order valence-electron chi connectivity index (χ4n) is 3.34. The zero-order valence-corrected chi connectivity index (χ0v) is 21.5. The van der Waals surface area contributed by atoms with Gasteiger partial charge in [-0.3, -0.25) is 24.1 Å². The van der Waals surface area contributed by atoms with Gasteiger partial charge in [-0.05, 0) is 46.6 Å². The molecule has 36 heavy (non-hydrogen) atoms. The first kappa shape index (κ1) is 30.0. The van der Waals surface area contributed by atoms with Crippen LogP contribution in [0, 0.1) is 26.3 Å². The highest BCUT2D eigenvalue weighted by Gasteiger charge is 2.36. The number of hydrogen-bond acceptors (Lipinski definition) is 7. The van der Waals surface area contributed by atoms with Gasteiger partial charge in [-0.1, -0.05) is 35.7 Å². The van der Waals surface area contributed by atoms with Gasteiger partial charge in [-0.2, -0.15) is 0 Å². The van der Waals surface area contributed by atoms with E-state index in [4.69, 9.17) is 16.9 Å². The first-order chi connectivity index (χ1) is 16.7. The Morgan fingerprint density at radius 3 is 2.17 bits per heavy atom. The molecule has 4 amide bonds. The number of aryl methyl sites for hydroxylation is 2. The number of nitrogens with one attached hydrogen (secondary N) is 2. The molecule has 1 rings (SSSR count). The molecule has 0 radical (unpaired) electrons. The molecule has 11 nitrogen and oxygen atoms in total. The van der Waals surface area contributed by atoms with E-state index in [0.717, 1.165) is 16.0 Å². The minimum Gasteiger partial charge on any atom is -0.468 e. The Morgan fingerprint density at radius 1 is 1.11 bits per heavy atom. The van der Waals surface area contributed by atoms with Crippen molar-refractivity contribution in [2.24, 2.45) is 5.73 Å². The maximum atomic E-state index is 13.6. The third-order valence-electron chi connectivity index (χ3n) is 4.75. The van der Waals surface area contributed by atoms with Crippen molar-refractivity contribution in [3.63, 3.8) is 0 Å². The summed E-state index contributed by atoms with van der Waals surface area (Å²) in [7, 11) is 1.17. The number of nitrogens with zero attached hydrogens (tertiary/aromatic N) is 1. The number of esters is 1. The normalized spacial score (nSPS) is 12.4. The smallest absolute Gasteiger partial charge is 0.408 e.